The molecule has 0 aliphatic carbocycles. The Morgan fingerprint density at radius 3 is 2.81 bits per heavy atom. The van der Waals surface area contributed by atoms with Crippen LogP contribution in [0.1, 0.15) is 15.9 Å². The molecule has 0 radical (unpaired) electrons. The molecule has 0 atom stereocenters. The molecule has 0 unspecified atom stereocenters. The Balaban J connectivity index is 1.57. The summed E-state index contributed by atoms with van der Waals surface area (Å²) in [5.41, 5.74) is 2.75. The lowest BCUT2D eigenvalue weighted by Crippen LogP contribution is -2.27. The normalized spacial score (nSPS) is 13.6. The van der Waals surface area contributed by atoms with Crippen LogP contribution in [0.25, 0.3) is 10.2 Å². The number of nitrogens with zero attached hydrogens (tertiary/aromatic N) is 2. The first-order chi connectivity index (χ1) is 12.8. The molecular weight excluding hydrogens is 386 g/mol. The molecule has 140 valence electrons. The van der Waals surface area contributed by atoms with Crippen LogP contribution in [0, 0.1) is 0 Å². The van der Waals surface area contributed by atoms with Crippen molar-refractivity contribution < 1.29 is 17.9 Å². The van der Waals surface area contributed by atoms with Crippen molar-refractivity contribution in [2.24, 2.45) is 0 Å². The zero-order valence-corrected chi connectivity index (χ0v) is 16.4. The first kappa shape index (κ1) is 17.7. The van der Waals surface area contributed by atoms with Gasteiger partial charge >= 0.3 is 0 Å². The minimum atomic E-state index is -3.30. The van der Waals surface area contributed by atoms with Gasteiger partial charge in [-0.25, -0.2) is 13.4 Å². The number of amides is 1. The van der Waals surface area contributed by atoms with Gasteiger partial charge < -0.3 is 4.74 Å². The highest BCUT2D eigenvalue weighted by atomic mass is 32.2. The number of hydrogen-bond acceptors (Lipinski definition) is 6. The van der Waals surface area contributed by atoms with E-state index in [1.807, 2.05) is 18.2 Å². The third-order valence-corrected chi connectivity index (χ3v) is 6.52. The summed E-state index contributed by atoms with van der Waals surface area (Å²) < 4.78 is 31.1. The maximum absolute atomic E-state index is 12.6. The van der Waals surface area contributed by atoms with Gasteiger partial charge in [-0.15, -0.1) is 0 Å². The smallest absolute Gasteiger partial charge is 0.257 e. The summed E-state index contributed by atoms with van der Waals surface area (Å²) in [6.45, 7) is 0.402. The summed E-state index contributed by atoms with van der Waals surface area (Å²) in [6, 6.07) is 10.6. The number of rotatable bonds is 4. The summed E-state index contributed by atoms with van der Waals surface area (Å²) in [5.74, 6) is 0.458. The standard InChI is InChI=1S/C18H17N3O4S2/c1-25-13-4-5-14-16(10-13)26-18(19-14)20-17(22)12-3-6-15-11(9-12)7-8-21(15)27(2,23)24/h3-6,9-10H,7-8H2,1-2H3,(H,19,20,22). The number of carbonyl (C=O) groups is 1. The Morgan fingerprint density at radius 2 is 2.07 bits per heavy atom. The summed E-state index contributed by atoms with van der Waals surface area (Å²) >= 11 is 1.37. The number of thiazole rings is 1. The van der Waals surface area contributed by atoms with Gasteiger partial charge in [-0.05, 0) is 48.4 Å². The predicted octanol–water partition coefficient (Wildman–Crippen LogP) is 2.88. The lowest BCUT2D eigenvalue weighted by molar-refractivity contribution is 0.102. The molecule has 1 aliphatic heterocycles. The SMILES string of the molecule is COc1ccc2nc(NC(=O)c3ccc4c(c3)CCN4S(C)(=O)=O)sc2c1. The highest BCUT2D eigenvalue weighted by molar-refractivity contribution is 7.92. The number of aromatic nitrogens is 1. The fourth-order valence-corrected chi connectivity index (χ4v) is 4.96. The second-order valence-electron chi connectivity index (χ2n) is 6.24. The fourth-order valence-electron chi connectivity index (χ4n) is 3.11. The van der Waals surface area contributed by atoms with E-state index in [0.29, 0.717) is 29.3 Å². The predicted molar refractivity (Wildman–Crippen MR) is 106 cm³/mol. The number of sulfonamides is 1. The van der Waals surface area contributed by atoms with E-state index in [-0.39, 0.29) is 5.91 Å². The van der Waals surface area contributed by atoms with Gasteiger partial charge in [0.15, 0.2) is 5.13 Å². The average molecular weight is 403 g/mol. The van der Waals surface area contributed by atoms with Crippen molar-refractivity contribution >= 4 is 48.3 Å². The number of nitrogens with one attached hydrogen (secondary N) is 1. The van der Waals surface area contributed by atoms with E-state index in [1.165, 1.54) is 21.9 Å². The third kappa shape index (κ3) is 3.35. The molecule has 0 saturated carbocycles. The molecule has 27 heavy (non-hydrogen) atoms. The highest BCUT2D eigenvalue weighted by Gasteiger charge is 2.26. The summed E-state index contributed by atoms with van der Waals surface area (Å²) in [6.07, 6.45) is 1.77. The number of fused-ring (bicyclic) bond motifs is 2. The van der Waals surface area contributed by atoms with Crippen LogP contribution >= 0.6 is 11.3 Å². The monoisotopic (exact) mass is 403 g/mol. The topological polar surface area (TPSA) is 88.6 Å². The Bertz CT molecular complexity index is 1150. The summed E-state index contributed by atoms with van der Waals surface area (Å²) in [7, 11) is -1.70. The molecule has 1 aromatic heterocycles. The van der Waals surface area contributed by atoms with Crippen LogP contribution in [0.2, 0.25) is 0 Å². The molecule has 9 heteroatoms. The van der Waals surface area contributed by atoms with Gasteiger partial charge in [0, 0.05) is 12.1 Å². The highest BCUT2D eigenvalue weighted by Crippen LogP contribution is 2.32. The number of benzene rings is 2. The molecule has 1 amide bonds. The number of hydrogen-bond donors (Lipinski definition) is 1. The average Bonchev–Trinajstić information content (AvgIpc) is 3.23. The van der Waals surface area contributed by atoms with Gasteiger partial charge in [-0.3, -0.25) is 14.4 Å². The minimum absolute atomic E-state index is 0.276. The van der Waals surface area contributed by atoms with Crippen LogP contribution in [0.3, 0.4) is 0 Å². The zero-order valence-electron chi connectivity index (χ0n) is 14.7. The lowest BCUT2D eigenvalue weighted by atomic mass is 10.1. The molecule has 1 N–H and O–H groups in total. The maximum Gasteiger partial charge on any atom is 0.257 e. The molecule has 2 heterocycles. The van der Waals surface area contributed by atoms with Crippen LogP contribution in [0.5, 0.6) is 5.75 Å². The van der Waals surface area contributed by atoms with Gasteiger partial charge in [0.2, 0.25) is 10.0 Å². The Labute approximate surface area is 160 Å². The van der Waals surface area contributed by atoms with Crippen molar-refractivity contribution in [1.29, 1.82) is 0 Å². The van der Waals surface area contributed by atoms with Crippen molar-refractivity contribution in [3.05, 3.63) is 47.5 Å². The van der Waals surface area contributed by atoms with E-state index >= 15 is 0 Å². The second-order valence-corrected chi connectivity index (χ2v) is 9.17. The first-order valence-corrected chi connectivity index (χ1v) is 10.9. The quantitative estimate of drug-likeness (QED) is 0.724. The van der Waals surface area contributed by atoms with Crippen molar-refractivity contribution in [2.45, 2.75) is 6.42 Å². The molecule has 4 rings (SSSR count). The molecule has 1 aliphatic rings. The van der Waals surface area contributed by atoms with Crippen LogP contribution in [0.15, 0.2) is 36.4 Å². The Morgan fingerprint density at radius 1 is 1.26 bits per heavy atom. The Kier molecular flexibility index (Phi) is 4.27. The molecular formula is C18H17N3O4S2. The third-order valence-electron chi connectivity index (χ3n) is 4.41. The van der Waals surface area contributed by atoms with Gasteiger partial charge in [-0.2, -0.15) is 0 Å². The summed E-state index contributed by atoms with van der Waals surface area (Å²) in [4.78, 5) is 17.0. The molecule has 7 nitrogen and oxygen atoms in total. The Hall–Kier alpha value is -2.65. The number of carbonyl (C=O) groups excluding carboxylic acids is 1. The molecule has 2 aromatic carbocycles. The van der Waals surface area contributed by atoms with E-state index in [0.717, 1.165) is 21.5 Å². The first-order valence-electron chi connectivity index (χ1n) is 8.22. The van der Waals surface area contributed by atoms with Crippen LogP contribution in [0.4, 0.5) is 10.8 Å². The van der Waals surface area contributed by atoms with E-state index in [9.17, 15) is 13.2 Å². The maximum atomic E-state index is 12.6. The van der Waals surface area contributed by atoms with Crippen molar-refractivity contribution in [3.63, 3.8) is 0 Å². The van der Waals surface area contributed by atoms with E-state index in [1.54, 1.807) is 25.3 Å². The summed E-state index contributed by atoms with van der Waals surface area (Å²) in [5, 5.41) is 3.31. The van der Waals surface area contributed by atoms with E-state index in [2.05, 4.69) is 10.3 Å². The molecule has 0 bridgehead atoms. The number of ether oxygens (including phenoxy) is 1. The number of anilines is 2. The lowest BCUT2D eigenvalue weighted by Gasteiger charge is -2.16. The molecule has 0 fully saturated rings. The van der Waals surface area contributed by atoms with Gasteiger partial charge in [0.25, 0.3) is 5.91 Å². The van der Waals surface area contributed by atoms with Gasteiger partial charge in [-0.1, -0.05) is 11.3 Å². The molecule has 0 saturated heterocycles. The largest absolute Gasteiger partial charge is 0.497 e. The van der Waals surface area contributed by atoms with Gasteiger partial charge in [0.1, 0.15) is 5.75 Å². The van der Waals surface area contributed by atoms with Crippen molar-refractivity contribution in [1.82, 2.24) is 4.98 Å². The second kappa shape index (κ2) is 6.50. The molecule has 0 spiro atoms. The number of methoxy groups -OCH3 is 1. The van der Waals surface area contributed by atoms with Crippen molar-refractivity contribution in [2.75, 3.05) is 29.5 Å². The van der Waals surface area contributed by atoms with Crippen LogP contribution in [-0.2, 0) is 16.4 Å². The van der Waals surface area contributed by atoms with Gasteiger partial charge in [0.05, 0.1) is 29.3 Å². The van der Waals surface area contributed by atoms with Crippen molar-refractivity contribution in [3.8, 4) is 5.75 Å². The zero-order chi connectivity index (χ0) is 19.2. The van der Waals surface area contributed by atoms with E-state index in [4.69, 9.17) is 4.74 Å². The minimum Gasteiger partial charge on any atom is -0.497 e. The van der Waals surface area contributed by atoms with Crippen LogP contribution in [-0.4, -0.2) is 39.2 Å². The van der Waals surface area contributed by atoms with E-state index < -0.39 is 10.0 Å². The molecule has 3 aromatic rings. The fraction of sp³-hybridized carbons (Fsp3) is 0.222. The van der Waals surface area contributed by atoms with Crippen LogP contribution < -0.4 is 14.4 Å².